The third-order valence-electron chi connectivity index (χ3n) is 4.79. The van der Waals surface area contributed by atoms with E-state index in [-0.39, 0.29) is 11.9 Å². The number of nitrogens with one attached hydrogen (secondary N) is 1. The van der Waals surface area contributed by atoms with Crippen molar-refractivity contribution in [3.63, 3.8) is 0 Å². The fourth-order valence-electron chi connectivity index (χ4n) is 3.47. The van der Waals surface area contributed by atoms with E-state index in [2.05, 4.69) is 20.2 Å². The molecule has 0 spiro atoms. The molecule has 1 aromatic rings. The minimum Gasteiger partial charge on any atom is -0.350 e. The Labute approximate surface area is 131 Å². The van der Waals surface area contributed by atoms with Crippen LogP contribution in [0.15, 0.2) is 18.5 Å². The maximum atomic E-state index is 12.5. The van der Waals surface area contributed by atoms with Gasteiger partial charge in [0.1, 0.15) is 0 Å². The summed E-state index contributed by atoms with van der Waals surface area (Å²) in [5.41, 5.74) is 5.65. The summed E-state index contributed by atoms with van der Waals surface area (Å²) in [6.45, 7) is 1.69. The largest absolute Gasteiger partial charge is 0.350 e. The number of anilines is 1. The molecule has 3 rings (SSSR count). The van der Waals surface area contributed by atoms with Crippen LogP contribution in [-0.4, -0.2) is 40.5 Å². The number of hydrogen-bond acceptors (Lipinski definition) is 5. The van der Waals surface area contributed by atoms with Gasteiger partial charge >= 0.3 is 0 Å². The van der Waals surface area contributed by atoms with Gasteiger partial charge in [-0.3, -0.25) is 4.79 Å². The van der Waals surface area contributed by atoms with Gasteiger partial charge in [-0.25, -0.2) is 9.97 Å². The van der Waals surface area contributed by atoms with Crippen molar-refractivity contribution in [2.45, 2.75) is 56.5 Å². The van der Waals surface area contributed by atoms with Crippen LogP contribution in [-0.2, 0) is 4.79 Å². The second-order valence-corrected chi connectivity index (χ2v) is 6.52. The first-order chi connectivity index (χ1) is 10.7. The van der Waals surface area contributed by atoms with Crippen molar-refractivity contribution in [1.29, 1.82) is 0 Å². The van der Waals surface area contributed by atoms with E-state index in [0.29, 0.717) is 0 Å². The van der Waals surface area contributed by atoms with Gasteiger partial charge in [0.15, 0.2) is 0 Å². The maximum Gasteiger partial charge on any atom is 0.240 e. The fourth-order valence-corrected chi connectivity index (χ4v) is 3.47. The van der Waals surface area contributed by atoms with Crippen LogP contribution in [0.25, 0.3) is 0 Å². The molecule has 1 saturated carbocycles. The van der Waals surface area contributed by atoms with Crippen LogP contribution in [0, 0.1) is 0 Å². The number of rotatable bonds is 3. The predicted octanol–water partition coefficient (Wildman–Crippen LogP) is 1.22. The number of hydrogen-bond donors (Lipinski definition) is 2. The highest BCUT2D eigenvalue weighted by molar-refractivity contribution is 5.86. The lowest BCUT2D eigenvalue weighted by atomic mass is 9.81. The lowest BCUT2D eigenvalue weighted by molar-refractivity contribution is -0.128. The highest BCUT2D eigenvalue weighted by atomic mass is 16.2. The Morgan fingerprint density at radius 1 is 1.23 bits per heavy atom. The Bertz CT molecular complexity index is 501. The standard InChI is InChI=1S/C16H25N5O/c17-16(7-2-1-3-8-16)14(22)20-13-6-4-11-21(12-13)15-18-9-5-10-19-15/h5,9-10,13H,1-4,6-8,11-12,17H2,(H,20,22). The van der Waals surface area contributed by atoms with Crippen molar-refractivity contribution in [2.24, 2.45) is 5.73 Å². The topological polar surface area (TPSA) is 84.1 Å². The predicted molar refractivity (Wildman–Crippen MR) is 85.4 cm³/mol. The van der Waals surface area contributed by atoms with Gasteiger partial charge in [-0.15, -0.1) is 0 Å². The molecule has 1 unspecified atom stereocenters. The molecule has 2 aliphatic rings. The molecule has 1 aliphatic heterocycles. The van der Waals surface area contributed by atoms with Gasteiger partial charge in [-0.05, 0) is 31.7 Å². The van der Waals surface area contributed by atoms with Crippen molar-refractivity contribution >= 4 is 11.9 Å². The van der Waals surface area contributed by atoms with Gasteiger partial charge in [0.05, 0.1) is 5.54 Å². The number of amides is 1. The van der Waals surface area contributed by atoms with Crippen LogP contribution in [0.1, 0.15) is 44.9 Å². The molecule has 3 N–H and O–H groups in total. The zero-order chi connectivity index (χ0) is 15.4. The van der Waals surface area contributed by atoms with E-state index in [9.17, 15) is 4.79 Å². The van der Waals surface area contributed by atoms with Gasteiger partial charge in [0.2, 0.25) is 11.9 Å². The second-order valence-electron chi connectivity index (χ2n) is 6.52. The van der Waals surface area contributed by atoms with Gasteiger partial charge in [0.25, 0.3) is 0 Å². The molecule has 1 aromatic heterocycles. The summed E-state index contributed by atoms with van der Waals surface area (Å²) in [5.74, 6) is 0.759. The molecule has 1 saturated heterocycles. The van der Waals surface area contributed by atoms with Gasteiger partial charge in [-0.1, -0.05) is 19.3 Å². The van der Waals surface area contributed by atoms with E-state index >= 15 is 0 Å². The first-order valence-corrected chi connectivity index (χ1v) is 8.29. The molecule has 6 heteroatoms. The summed E-state index contributed by atoms with van der Waals surface area (Å²) < 4.78 is 0. The first kappa shape index (κ1) is 15.2. The number of piperidine rings is 1. The van der Waals surface area contributed by atoms with E-state index < -0.39 is 5.54 Å². The molecule has 1 aliphatic carbocycles. The van der Waals surface area contributed by atoms with Gasteiger partial charge < -0.3 is 16.0 Å². The summed E-state index contributed by atoms with van der Waals surface area (Å²) in [4.78, 5) is 23.3. The second kappa shape index (κ2) is 6.60. The molecule has 2 heterocycles. The summed E-state index contributed by atoms with van der Waals surface area (Å²) in [6.07, 6.45) is 10.4. The molecule has 0 radical (unpaired) electrons. The van der Waals surface area contributed by atoms with E-state index in [4.69, 9.17) is 5.73 Å². The van der Waals surface area contributed by atoms with Crippen molar-refractivity contribution in [3.05, 3.63) is 18.5 Å². The zero-order valence-corrected chi connectivity index (χ0v) is 13.0. The smallest absolute Gasteiger partial charge is 0.240 e. The van der Waals surface area contributed by atoms with Crippen molar-refractivity contribution in [3.8, 4) is 0 Å². The highest BCUT2D eigenvalue weighted by Gasteiger charge is 2.36. The van der Waals surface area contributed by atoms with E-state index in [0.717, 1.165) is 57.6 Å². The quantitative estimate of drug-likeness (QED) is 0.877. The van der Waals surface area contributed by atoms with Crippen LogP contribution in [0.4, 0.5) is 5.95 Å². The van der Waals surface area contributed by atoms with E-state index in [1.807, 2.05) is 6.07 Å². The Kier molecular flexibility index (Phi) is 4.57. The Morgan fingerprint density at radius 2 is 1.95 bits per heavy atom. The summed E-state index contributed by atoms with van der Waals surface area (Å²) in [5, 5.41) is 3.17. The van der Waals surface area contributed by atoms with Gasteiger partial charge in [-0.2, -0.15) is 0 Å². The van der Waals surface area contributed by atoms with Crippen LogP contribution in [0.3, 0.4) is 0 Å². The molecule has 22 heavy (non-hydrogen) atoms. The first-order valence-electron chi connectivity index (χ1n) is 8.29. The fraction of sp³-hybridized carbons (Fsp3) is 0.688. The van der Waals surface area contributed by atoms with E-state index in [1.165, 1.54) is 6.42 Å². The van der Waals surface area contributed by atoms with Gasteiger partial charge in [0, 0.05) is 31.5 Å². The van der Waals surface area contributed by atoms with Crippen LogP contribution in [0.2, 0.25) is 0 Å². The number of carbonyl (C=O) groups excluding carboxylic acids is 1. The number of carbonyl (C=O) groups is 1. The summed E-state index contributed by atoms with van der Waals surface area (Å²) >= 11 is 0. The number of aromatic nitrogens is 2. The Morgan fingerprint density at radius 3 is 2.68 bits per heavy atom. The summed E-state index contributed by atoms with van der Waals surface area (Å²) in [7, 11) is 0. The average Bonchev–Trinajstić information content (AvgIpc) is 2.56. The van der Waals surface area contributed by atoms with Crippen molar-refractivity contribution in [1.82, 2.24) is 15.3 Å². The third kappa shape index (κ3) is 3.38. The zero-order valence-electron chi connectivity index (χ0n) is 13.0. The van der Waals surface area contributed by atoms with E-state index in [1.54, 1.807) is 12.4 Å². The number of nitrogens with two attached hydrogens (primary N) is 1. The molecule has 1 amide bonds. The van der Waals surface area contributed by atoms with Crippen LogP contribution in [0.5, 0.6) is 0 Å². The van der Waals surface area contributed by atoms with Crippen molar-refractivity contribution < 1.29 is 4.79 Å². The number of nitrogens with zero attached hydrogens (tertiary/aromatic N) is 3. The lowest BCUT2D eigenvalue weighted by Crippen LogP contribution is -2.59. The molecule has 2 fully saturated rings. The minimum atomic E-state index is -0.663. The molecule has 0 aromatic carbocycles. The molecular weight excluding hydrogens is 278 g/mol. The molecule has 120 valence electrons. The lowest BCUT2D eigenvalue weighted by Gasteiger charge is -2.37. The monoisotopic (exact) mass is 303 g/mol. The van der Waals surface area contributed by atoms with Crippen LogP contribution < -0.4 is 16.0 Å². The maximum absolute atomic E-state index is 12.5. The molecule has 0 bridgehead atoms. The highest BCUT2D eigenvalue weighted by Crippen LogP contribution is 2.26. The molecule has 6 nitrogen and oxygen atoms in total. The summed E-state index contributed by atoms with van der Waals surface area (Å²) in [6, 6.07) is 1.95. The van der Waals surface area contributed by atoms with Crippen LogP contribution >= 0.6 is 0 Å². The average molecular weight is 303 g/mol. The molecule has 1 atom stereocenters. The SMILES string of the molecule is NC1(C(=O)NC2CCCN(c3ncccn3)C2)CCCCC1. The normalized spacial score (nSPS) is 24.8. The molecular formula is C16H25N5O. The van der Waals surface area contributed by atoms with Crippen molar-refractivity contribution in [2.75, 3.05) is 18.0 Å². The Hall–Kier alpha value is -1.69. The third-order valence-corrected chi connectivity index (χ3v) is 4.79. The Balaban J connectivity index is 1.59. The minimum absolute atomic E-state index is 0.0213.